The van der Waals surface area contributed by atoms with Crippen LogP contribution in [0, 0.1) is 6.92 Å². The highest BCUT2D eigenvalue weighted by Gasteiger charge is 2.11. The zero-order valence-corrected chi connectivity index (χ0v) is 13.2. The minimum atomic E-state index is 0.542. The molecule has 1 aromatic heterocycles. The molecule has 0 aliphatic rings. The average molecular weight is 306 g/mol. The van der Waals surface area contributed by atoms with Gasteiger partial charge in [-0.25, -0.2) is 4.98 Å². The van der Waals surface area contributed by atoms with Crippen molar-refractivity contribution >= 4 is 17.4 Å². The van der Waals surface area contributed by atoms with E-state index >= 15 is 0 Å². The fraction of sp³-hybridized carbons (Fsp3) is 0.375. The number of alkyl halides is 1. The highest BCUT2D eigenvalue weighted by Crippen LogP contribution is 2.19. The van der Waals surface area contributed by atoms with Crippen molar-refractivity contribution in [3.8, 4) is 5.88 Å². The molecule has 112 valence electrons. The largest absolute Gasteiger partial charge is 0.478 e. The summed E-state index contributed by atoms with van der Waals surface area (Å²) in [5.41, 5.74) is 1.22. The van der Waals surface area contributed by atoms with Crippen LogP contribution in [0.2, 0.25) is 0 Å². The second kappa shape index (κ2) is 7.84. The van der Waals surface area contributed by atoms with Gasteiger partial charge in [-0.05, 0) is 19.4 Å². The first-order chi connectivity index (χ1) is 10.2. The molecule has 1 aromatic carbocycles. The molecular formula is C16H20ClN3O. The standard InChI is InChI=1S/C16H20ClN3O/c1-3-21-16-11-15(18-13(2)19-16)20(10-9-17)12-14-7-5-4-6-8-14/h4-8,11H,3,9-10,12H2,1-2H3. The number of aryl methyl sites for hydroxylation is 1. The molecule has 21 heavy (non-hydrogen) atoms. The van der Waals surface area contributed by atoms with Crippen molar-refractivity contribution < 1.29 is 4.74 Å². The number of rotatable bonds is 7. The Morgan fingerprint density at radius 2 is 1.95 bits per heavy atom. The summed E-state index contributed by atoms with van der Waals surface area (Å²) < 4.78 is 5.50. The summed E-state index contributed by atoms with van der Waals surface area (Å²) in [6.07, 6.45) is 0. The fourth-order valence-electron chi connectivity index (χ4n) is 2.09. The first-order valence-corrected chi connectivity index (χ1v) is 7.59. The second-order valence-electron chi connectivity index (χ2n) is 4.64. The minimum Gasteiger partial charge on any atom is -0.478 e. The maximum atomic E-state index is 5.94. The van der Waals surface area contributed by atoms with Gasteiger partial charge in [-0.2, -0.15) is 4.98 Å². The number of hydrogen-bond donors (Lipinski definition) is 0. The van der Waals surface area contributed by atoms with Gasteiger partial charge >= 0.3 is 0 Å². The van der Waals surface area contributed by atoms with E-state index in [1.807, 2.05) is 38.1 Å². The van der Waals surface area contributed by atoms with E-state index in [9.17, 15) is 0 Å². The van der Waals surface area contributed by atoms with Gasteiger partial charge in [0.2, 0.25) is 5.88 Å². The molecule has 0 unspecified atom stereocenters. The molecule has 0 aliphatic heterocycles. The number of halogens is 1. The number of hydrogen-bond acceptors (Lipinski definition) is 4. The third-order valence-corrected chi connectivity index (χ3v) is 3.16. The molecule has 0 spiro atoms. The third kappa shape index (κ3) is 4.60. The van der Waals surface area contributed by atoms with Gasteiger partial charge in [-0.3, -0.25) is 0 Å². The van der Waals surface area contributed by atoms with Crippen LogP contribution >= 0.6 is 11.6 Å². The van der Waals surface area contributed by atoms with Gasteiger partial charge in [0.15, 0.2) is 0 Å². The quantitative estimate of drug-likeness (QED) is 0.735. The SMILES string of the molecule is CCOc1cc(N(CCCl)Cc2ccccc2)nc(C)n1. The summed E-state index contributed by atoms with van der Waals surface area (Å²) in [6.45, 7) is 5.88. The van der Waals surface area contributed by atoms with E-state index in [2.05, 4.69) is 27.0 Å². The Morgan fingerprint density at radius 3 is 2.62 bits per heavy atom. The normalized spacial score (nSPS) is 10.4. The van der Waals surface area contributed by atoms with Crippen LogP contribution in [0.5, 0.6) is 5.88 Å². The van der Waals surface area contributed by atoms with Gasteiger partial charge < -0.3 is 9.64 Å². The van der Waals surface area contributed by atoms with E-state index in [0.29, 0.717) is 24.2 Å². The number of nitrogens with zero attached hydrogens (tertiary/aromatic N) is 3. The van der Waals surface area contributed by atoms with Crippen LogP contribution in [0.3, 0.4) is 0 Å². The third-order valence-electron chi connectivity index (χ3n) is 2.99. The van der Waals surface area contributed by atoms with Crippen molar-refractivity contribution in [3.63, 3.8) is 0 Å². The van der Waals surface area contributed by atoms with Crippen LogP contribution in [0.25, 0.3) is 0 Å². The molecule has 5 heteroatoms. The molecule has 2 aromatic rings. The topological polar surface area (TPSA) is 38.2 Å². The zero-order valence-electron chi connectivity index (χ0n) is 12.4. The first-order valence-electron chi connectivity index (χ1n) is 7.06. The molecule has 0 amide bonds. The van der Waals surface area contributed by atoms with Gasteiger partial charge in [0.05, 0.1) is 6.61 Å². The number of anilines is 1. The van der Waals surface area contributed by atoms with Crippen molar-refractivity contribution in [2.24, 2.45) is 0 Å². The molecule has 0 saturated heterocycles. The Hall–Kier alpha value is -1.81. The molecule has 0 atom stereocenters. The molecule has 2 rings (SSSR count). The summed E-state index contributed by atoms with van der Waals surface area (Å²) >= 11 is 5.94. The molecule has 0 aliphatic carbocycles. The number of aromatic nitrogens is 2. The lowest BCUT2D eigenvalue weighted by Crippen LogP contribution is -2.26. The van der Waals surface area contributed by atoms with Gasteiger partial charge in [-0.15, -0.1) is 11.6 Å². The van der Waals surface area contributed by atoms with E-state index in [4.69, 9.17) is 16.3 Å². The Bertz CT molecular complexity index is 563. The average Bonchev–Trinajstić information content (AvgIpc) is 2.48. The number of ether oxygens (including phenoxy) is 1. The maximum Gasteiger partial charge on any atom is 0.218 e. The van der Waals surface area contributed by atoms with E-state index < -0.39 is 0 Å². The summed E-state index contributed by atoms with van der Waals surface area (Å²) in [6, 6.07) is 12.1. The van der Waals surface area contributed by atoms with E-state index in [-0.39, 0.29) is 0 Å². The highest BCUT2D eigenvalue weighted by molar-refractivity contribution is 6.18. The summed E-state index contributed by atoms with van der Waals surface area (Å²) in [7, 11) is 0. The Morgan fingerprint density at radius 1 is 1.19 bits per heavy atom. The van der Waals surface area contributed by atoms with Crippen LogP contribution < -0.4 is 9.64 Å². The summed E-state index contributed by atoms with van der Waals surface area (Å²) in [5, 5.41) is 0. The molecule has 1 heterocycles. The Kier molecular flexibility index (Phi) is 5.81. The smallest absolute Gasteiger partial charge is 0.218 e. The van der Waals surface area contributed by atoms with Crippen molar-refractivity contribution in [3.05, 3.63) is 47.8 Å². The van der Waals surface area contributed by atoms with E-state index in [1.54, 1.807) is 0 Å². The van der Waals surface area contributed by atoms with E-state index in [0.717, 1.165) is 18.9 Å². The predicted molar refractivity (Wildman–Crippen MR) is 86.2 cm³/mol. The van der Waals surface area contributed by atoms with Gasteiger partial charge in [-0.1, -0.05) is 30.3 Å². The maximum absolute atomic E-state index is 5.94. The lowest BCUT2D eigenvalue weighted by Gasteiger charge is -2.23. The van der Waals surface area contributed by atoms with Crippen LogP contribution in [0.1, 0.15) is 18.3 Å². The molecule has 0 bridgehead atoms. The van der Waals surface area contributed by atoms with Crippen LogP contribution in [-0.2, 0) is 6.54 Å². The van der Waals surface area contributed by atoms with Gasteiger partial charge in [0, 0.05) is 25.0 Å². The molecule has 0 saturated carbocycles. The molecule has 4 nitrogen and oxygen atoms in total. The zero-order chi connectivity index (χ0) is 15.1. The summed E-state index contributed by atoms with van der Waals surface area (Å²) in [5.74, 6) is 2.69. The Labute approximate surface area is 130 Å². The molecule has 0 fully saturated rings. The predicted octanol–water partition coefficient (Wildman–Crippen LogP) is 3.43. The van der Waals surface area contributed by atoms with Crippen molar-refractivity contribution in [2.45, 2.75) is 20.4 Å². The minimum absolute atomic E-state index is 0.542. The second-order valence-corrected chi connectivity index (χ2v) is 5.02. The monoisotopic (exact) mass is 305 g/mol. The number of benzene rings is 1. The lowest BCUT2D eigenvalue weighted by molar-refractivity contribution is 0.325. The van der Waals surface area contributed by atoms with Crippen LogP contribution in [-0.4, -0.2) is 29.0 Å². The fourth-order valence-corrected chi connectivity index (χ4v) is 2.29. The molecule has 0 radical (unpaired) electrons. The summed E-state index contributed by atoms with van der Waals surface area (Å²) in [4.78, 5) is 10.9. The van der Waals surface area contributed by atoms with Crippen LogP contribution in [0.4, 0.5) is 5.82 Å². The van der Waals surface area contributed by atoms with Gasteiger partial charge in [0.25, 0.3) is 0 Å². The van der Waals surface area contributed by atoms with Crippen molar-refractivity contribution in [1.29, 1.82) is 0 Å². The van der Waals surface area contributed by atoms with Crippen molar-refractivity contribution in [1.82, 2.24) is 9.97 Å². The highest BCUT2D eigenvalue weighted by atomic mass is 35.5. The lowest BCUT2D eigenvalue weighted by atomic mass is 10.2. The van der Waals surface area contributed by atoms with Gasteiger partial charge in [0.1, 0.15) is 11.6 Å². The first kappa shape index (κ1) is 15.6. The Balaban J connectivity index is 2.24. The van der Waals surface area contributed by atoms with Crippen LogP contribution in [0.15, 0.2) is 36.4 Å². The van der Waals surface area contributed by atoms with E-state index in [1.165, 1.54) is 5.56 Å². The molecule has 0 N–H and O–H groups in total. The van der Waals surface area contributed by atoms with Crippen molar-refractivity contribution in [2.75, 3.05) is 23.9 Å². The molecular weight excluding hydrogens is 286 g/mol.